The molecule has 1 aromatic carbocycles. The van der Waals surface area contributed by atoms with E-state index in [1.54, 1.807) is 0 Å². The number of Topliss-reactive ketones (excluding diaryl/α,β-unsaturated/α-hetero) is 1. The molecule has 6 rings (SSSR count). The van der Waals surface area contributed by atoms with Crippen molar-refractivity contribution in [1.29, 1.82) is 0 Å². The van der Waals surface area contributed by atoms with E-state index in [0.29, 0.717) is 23.8 Å². The van der Waals surface area contributed by atoms with Crippen LogP contribution in [0.5, 0.6) is 0 Å². The van der Waals surface area contributed by atoms with Crippen molar-refractivity contribution < 1.29 is 19.4 Å². The Morgan fingerprint density at radius 3 is 2.32 bits per heavy atom. The van der Waals surface area contributed by atoms with Gasteiger partial charge in [0.05, 0.1) is 11.0 Å². The molecular weight excluding hydrogens is 390 g/mol. The largest absolute Gasteiger partial charge is 0.457 e. The average molecular weight is 422 g/mol. The lowest BCUT2D eigenvalue weighted by Crippen LogP contribution is -2.58. The van der Waals surface area contributed by atoms with Crippen molar-refractivity contribution in [2.75, 3.05) is 6.61 Å². The van der Waals surface area contributed by atoms with E-state index >= 15 is 0 Å². The minimum absolute atomic E-state index is 0.178. The van der Waals surface area contributed by atoms with Crippen LogP contribution in [0.4, 0.5) is 0 Å². The molecule has 0 amide bonds. The van der Waals surface area contributed by atoms with Crippen molar-refractivity contribution in [3.05, 3.63) is 52.8 Å². The summed E-state index contributed by atoms with van der Waals surface area (Å²) in [6, 6.07) is 10.1. The summed E-state index contributed by atoms with van der Waals surface area (Å²) in [4.78, 5) is 26.1. The van der Waals surface area contributed by atoms with Crippen molar-refractivity contribution in [3.8, 4) is 5.69 Å². The van der Waals surface area contributed by atoms with Gasteiger partial charge in [0.1, 0.15) is 0 Å². The number of aromatic nitrogens is 1. The molecule has 4 bridgehead atoms. The molecule has 4 aliphatic rings. The molecule has 5 heteroatoms. The van der Waals surface area contributed by atoms with Gasteiger partial charge < -0.3 is 14.4 Å². The first-order valence-corrected chi connectivity index (χ1v) is 11.4. The molecule has 5 nitrogen and oxygen atoms in total. The van der Waals surface area contributed by atoms with E-state index in [1.807, 2.05) is 39.0 Å². The number of esters is 1. The summed E-state index contributed by atoms with van der Waals surface area (Å²) in [5.74, 6) is 0.342. The summed E-state index contributed by atoms with van der Waals surface area (Å²) < 4.78 is 7.66. The highest BCUT2D eigenvalue weighted by Gasteiger charge is 2.60. The zero-order valence-corrected chi connectivity index (χ0v) is 18.6. The zero-order valence-electron chi connectivity index (χ0n) is 18.6. The minimum atomic E-state index is -0.716. The number of carbonyl (C=O) groups is 2. The first kappa shape index (κ1) is 20.5. The number of hydrogen-bond acceptors (Lipinski definition) is 4. The van der Waals surface area contributed by atoms with E-state index in [0.717, 1.165) is 49.2 Å². The molecule has 0 aliphatic heterocycles. The van der Waals surface area contributed by atoms with Crippen molar-refractivity contribution in [2.45, 2.75) is 64.9 Å². The van der Waals surface area contributed by atoms with Gasteiger partial charge in [-0.3, -0.25) is 9.59 Å². The smallest absolute Gasteiger partial charge is 0.312 e. The van der Waals surface area contributed by atoms with Crippen LogP contribution in [0.2, 0.25) is 0 Å². The highest BCUT2D eigenvalue weighted by atomic mass is 16.5. The molecule has 1 heterocycles. The standard InChI is InChI=1S/C26H31NO4/c1-16-4-6-21(7-5-16)27-17(2)8-22(18(27)3)23(28)14-31-24(29)25-10-19-9-20(11-25)13-26(30,12-19)15-25/h4-8,19-20,30H,9-15H2,1-3H3. The third-order valence-electron chi connectivity index (χ3n) is 7.82. The SMILES string of the molecule is Cc1ccc(-n2c(C)cc(C(=O)COC(=O)C34CC5CC(CC(O)(C5)C3)C4)c2C)cc1. The highest BCUT2D eigenvalue weighted by Crippen LogP contribution is 2.62. The van der Waals surface area contributed by atoms with E-state index < -0.39 is 11.0 Å². The predicted octanol–water partition coefficient (Wildman–Crippen LogP) is 4.46. The van der Waals surface area contributed by atoms with Crippen LogP contribution >= 0.6 is 0 Å². The van der Waals surface area contributed by atoms with Crippen LogP contribution in [-0.4, -0.2) is 33.6 Å². The topological polar surface area (TPSA) is 68.5 Å². The molecular formula is C26H31NO4. The lowest BCUT2D eigenvalue weighted by Gasteiger charge is -2.58. The van der Waals surface area contributed by atoms with Crippen LogP contribution in [0.25, 0.3) is 5.69 Å². The molecule has 164 valence electrons. The van der Waals surface area contributed by atoms with E-state index in [2.05, 4.69) is 16.7 Å². The van der Waals surface area contributed by atoms with E-state index in [-0.39, 0.29) is 18.4 Å². The maximum Gasteiger partial charge on any atom is 0.312 e. The number of ketones is 1. The van der Waals surface area contributed by atoms with Crippen LogP contribution in [-0.2, 0) is 9.53 Å². The summed E-state index contributed by atoms with van der Waals surface area (Å²) in [5, 5.41) is 10.9. The normalized spacial score (nSPS) is 31.1. The summed E-state index contributed by atoms with van der Waals surface area (Å²) in [6.07, 6.45) is 4.80. The molecule has 4 fully saturated rings. The van der Waals surface area contributed by atoms with Crippen LogP contribution in [0.15, 0.2) is 30.3 Å². The van der Waals surface area contributed by atoms with Gasteiger partial charge in [-0.05, 0) is 89.3 Å². The fourth-order valence-electron chi connectivity index (χ4n) is 6.95. The molecule has 1 N–H and O–H groups in total. The van der Waals surface area contributed by atoms with Gasteiger partial charge in [0.2, 0.25) is 5.78 Å². The molecule has 4 aliphatic carbocycles. The van der Waals surface area contributed by atoms with Gasteiger partial charge in [0.15, 0.2) is 6.61 Å². The zero-order chi connectivity index (χ0) is 22.0. The van der Waals surface area contributed by atoms with Gasteiger partial charge in [0, 0.05) is 22.6 Å². The number of rotatable bonds is 5. The molecule has 2 unspecified atom stereocenters. The molecule has 2 aromatic rings. The second-order valence-electron chi connectivity index (χ2n) is 10.4. The maximum atomic E-state index is 13.1. The fourth-order valence-corrected chi connectivity index (χ4v) is 6.95. The van der Waals surface area contributed by atoms with Gasteiger partial charge in [-0.15, -0.1) is 0 Å². The van der Waals surface area contributed by atoms with E-state index in [4.69, 9.17) is 4.74 Å². The van der Waals surface area contributed by atoms with Crippen LogP contribution in [0.1, 0.15) is 65.8 Å². The Balaban J connectivity index is 1.31. The molecule has 0 radical (unpaired) electrons. The van der Waals surface area contributed by atoms with E-state index in [1.165, 1.54) is 5.56 Å². The molecule has 0 spiro atoms. The third kappa shape index (κ3) is 3.43. The number of nitrogens with zero attached hydrogens (tertiary/aromatic N) is 1. The minimum Gasteiger partial charge on any atom is -0.457 e. The second-order valence-corrected chi connectivity index (χ2v) is 10.4. The number of aryl methyl sites for hydroxylation is 2. The Labute approximate surface area is 183 Å². The highest BCUT2D eigenvalue weighted by molar-refractivity contribution is 5.99. The molecule has 0 saturated heterocycles. The first-order chi connectivity index (χ1) is 14.7. The van der Waals surface area contributed by atoms with Crippen LogP contribution < -0.4 is 0 Å². The molecule has 2 atom stereocenters. The van der Waals surface area contributed by atoms with Gasteiger partial charge in [-0.1, -0.05) is 17.7 Å². The quantitative estimate of drug-likeness (QED) is 0.572. The van der Waals surface area contributed by atoms with E-state index in [9.17, 15) is 14.7 Å². The van der Waals surface area contributed by atoms with Crippen molar-refractivity contribution in [1.82, 2.24) is 4.57 Å². The Bertz CT molecular complexity index is 1030. The Morgan fingerprint density at radius 1 is 1.06 bits per heavy atom. The maximum absolute atomic E-state index is 13.1. The van der Waals surface area contributed by atoms with Crippen molar-refractivity contribution >= 4 is 11.8 Å². The Hall–Kier alpha value is -2.40. The summed E-state index contributed by atoms with van der Waals surface area (Å²) in [5.41, 5.74) is 3.30. The summed E-state index contributed by atoms with van der Waals surface area (Å²) in [7, 11) is 0. The monoisotopic (exact) mass is 421 g/mol. The Morgan fingerprint density at radius 2 is 1.71 bits per heavy atom. The van der Waals surface area contributed by atoms with Gasteiger partial charge in [-0.2, -0.15) is 0 Å². The molecule has 4 saturated carbocycles. The van der Waals surface area contributed by atoms with Crippen LogP contribution in [0, 0.1) is 38.0 Å². The molecule has 1 aromatic heterocycles. The summed E-state index contributed by atoms with van der Waals surface area (Å²) in [6.45, 7) is 5.71. The number of aliphatic hydroxyl groups is 1. The number of benzene rings is 1. The third-order valence-corrected chi connectivity index (χ3v) is 7.82. The number of hydrogen-bond donors (Lipinski definition) is 1. The fraction of sp³-hybridized carbons (Fsp3) is 0.538. The van der Waals surface area contributed by atoms with Gasteiger partial charge in [-0.25, -0.2) is 0 Å². The van der Waals surface area contributed by atoms with Crippen molar-refractivity contribution in [2.24, 2.45) is 17.3 Å². The first-order valence-electron chi connectivity index (χ1n) is 11.4. The lowest BCUT2D eigenvalue weighted by atomic mass is 9.48. The predicted molar refractivity (Wildman–Crippen MR) is 117 cm³/mol. The average Bonchev–Trinajstić information content (AvgIpc) is 2.99. The number of carbonyl (C=O) groups excluding carboxylic acids is 2. The van der Waals surface area contributed by atoms with Crippen LogP contribution in [0.3, 0.4) is 0 Å². The number of ether oxygens (including phenoxy) is 1. The second kappa shape index (κ2) is 7.06. The Kier molecular flexibility index (Phi) is 4.67. The van der Waals surface area contributed by atoms with Crippen molar-refractivity contribution in [3.63, 3.8) is 0 Å². The van der Waals surface area contributed by atoms with Gasteiger partial charge in [0.25, 0.3) is 0 Å². The molecule has 31 heavy (non-hydrogen) atoms. The van der Waals surface area contributed by atoms with Gasteiger partial charge >= 0.3 is 5.97 Å². The summed E-state index contributed by atoms with van der Waals surface area (Å²) >= 11 is 0. The lowest BCUT2D eigenvalue weighted by molar-refractivity contribution is -0.195.